The monoisotopic (exact) mass is 273 g/mol. The fourth-order valence-electron chi connectivity index (χ4n) is 2.71. The maximum Gasteiger partial charge on any atom is 0.374 e. The third-order valence-electron chi connectivity index (χ3n) is 3.50. The van der Waals surface area contributed by atoms with Crippen molar-refractivity contribution in [1.29, 1.82) is 0 Å². The molecule has 4 nitrogen and oxygen atoms in total. The third kappa shape index (κ3) is 2.99. The molecule has 0 aromatic carbocycles. The summed E-state index contributed by atoms with van der Waals surface area (Å²) in [7, 11) is 0. The lowest BCUT2D eigenvalue weighted by molar-refractivity contribution is 0.0663. The lowest BCUT2D eigenvalue weighted by Gasteiger charge is -2.34. The van der Waals surface area contributed by atoms with Gasteiger partial charge in [-0.1, -0.05) is 19.3 Å². The summed E-state index contributed by atoms with van der Waals surface area (Å²) < 4.78 is 5.06. The van der Waals surface area contributed by atoms with Crippen LogP contribution in [0.2, 0.25) is 0 Å². The molecule has 5 heteroatoms. The van der Waals surface area contributed by atoms with Gasteiger partial charge in [-0.2, -0.15) is 0 Å². The van der Waals surface area contributed by atoms with E-state index in [2.05, 4.69) is 11.8 Å². The van der Waals surface area contributed by atoms with Crippen molar-refractivity contribution in [1.82, 2.24) is 0 Å². The highest BCUT2D eigenvalue weighted by Crippen LogP contribution is 2.30. The average Bonchev–Trinajstić information content (AvgIpc) is 2.81. The van der Waals surface area contributed by atoms with Crippen LogP contribution in [0.1, 0.15) is 49.6 Å². The van der Waals surface area contributed by atoms with E-state index in [1.165, 1.54) is 25.5 Å². The van der Waals surface area contributed by atoms with E-state index in [1.807, 2.05) is 0 Å². The van der Waals surface area contributed by atoms with Crippen molar-refractivity contribution in [2.24, 2.45) is 0 Å². The Bertz CT molecular complexity index is 385. The van der Waals surface area contributed by atoms with Crippen LogP contribution in [0.15, 0.2) is 16.7 Å². The van der Waals surface area contributed by atoms with Crippen LogP contribution in [0.5, 0.6) is 0 Å². The second-order valence-corrected chi connectivity index (χ2v) is 4.52. The van der Waals surface area contributed by atoms with Gasteiger partial charge in [0, 0.05) is 18.7 Å². The number of hydrogen-bond donors (Lipinski definition) is 1. The van der Waals surface area contributed by atoms with E-state index in [9.17, 15) is 4.79 Å². The second kappa shape index (κ2) is 6.69. The molecule has 1 aliphatic carbocycles. The van der Waals surface area contributed by atoms with Gasteiger partial charge in [0.15, 0.2) is 0 Å². The summed E-state index contributed by atoms with van der Waals surface area (Å²) in [5.41, 5.74) is 0.729. The molecule has 1 aromatic rings. The van der Waals surface area contributed by atoms with E-state index in [-0.39, 0.29) is 18.2 Å². The number of nitrogens with zero attached hydrogens (tertiary/aromatic N) is 1. The predicted molar refractivity (Wildman–Crippen MR) is 72.8 cm³/mol. The Labute approximate surface area is 113 Å². The molecule has 1 heterocycles. The summed E-state index contributed by atoms with van der Waals surface area (Å²) in [6, 6.07) is 2.23. The van der Waals surface area contributed by atoms with E-state index in [0.29, 0.717) is 6.04 Å². The average molecular weight is 274 g/mol. The minimum absolute atomic E-state index is 0. The maximum atomic E-state index is 11.1. The van der Waals surface area contributed by atoms with Crippen molar-refractivity contribution in [3.63, 3.8) is 0 Å². The first-order valence-corrected chi connectivity index (χ1v) is 6.31. The van der Waals surface area contributed by atoms with Crippen LogP contribution >= 0.6 is 12.4 Å². The molecule has 0 radical (unpaired) electrons. The molecule has 1 fully saturated rings. The number of carboxylic acid groups (broad SMARTS) is 1. The fourth-order valence-corrected chi connectivity index (χ4v) is 2.71. The van der Waals surface area contributed by atoms with Gasteiger partial charge in [0.25, 0.3) is 0 Å². The Morgan fingerprint density at radius 3 is 2.67 bits per heavy atom. The summed E-state index contributed by atoms with van der Waals surface area (Å²) in [6.45, 7) is 2.89. The normalized spacial score (nSPS) is 16.1. The van der Waals surface area contributed by atoms with Gasteiger partial charge in [0.1, 0.15) is 0 Å². The summed E-state index contributed by atoms with van der Waals surface area (Å²) in [4.78, 5) is 13.2. The molecule has 18 heavy (non-hydrogen) atoms. The molecule has 0 atom stereocenters. The van der Waals surface area contributed by atoms with Crippen molar-refractivity contribution < 1.29 is 14.3 Å². The number of rotatable bonds is 4. The summed E-state index contributed by atoms with van der Waals surface area (Å²) in [5, 5.41) is 9.08. The van der Waals surface area contributed by atoms with Crippen LogP contribution in [0.3, 0.4) is 0 Å². The topological polar surface area (TPSA) is 53.7 Å². The van der Waals surface area contributed by atoms with Gasteiger partial charge in [0.05, 0.1) is 12.0 Å². The number of halogens is 1. The van der Waals surface area contributed by atoms with Gasteiger partial charge < -0.3 is 14.4 Å². The lowest BCUT2D eigenvalue weighted by atomic mass is 9.94. The largest absolute Gasteiger partial charge is 0.475 e. The van der Waals surface area contributed by atoms with E-state index >= 15 is 0 Å². The molecule has 102 valence electrons. The van der Waals surface area contributed by atoms with Crippen LogP contribution in [0.4, 0.5) is 5.69 Å². The summed E-state index contributed by atoms with van der Waals surface area (Å²) in [5.74, 6) is -0.920. The smallest absolute Gasteiger partial charge is 0.374 e. The van der Waals surface area contributed by atoms with Gasteiger partial charge in [-0.05, 0) is 19.8 Å². The molecular formula is C13H20ClNO3. The highest BCUT2D eigenvalue weighted by atomic mass is 35.5. The molecule has 0 bridgehead atoms. The van der Waals surface area contributed by atoms with Crippen LogP contribution in [0, 0.1) is 0 Å². The second-order valence-electron chi connectivity index (χ2n) is 4.52. The van der Waals surface area contributed by atoms with E-state index in [4.69, 9.17) is 9.52 Å². The van der Waals surface area contributed by atoms with Crippen LogP contribution in [-0.4, -0.2) is 23.7 Å². The Morgan fingerprint density at radius 2 is 2.11 bits per heavy atom. The molecule has 2 rings (SSSR count). The maximum absolute atomic E-state index is 11.1. The fraction of sp³-hybridized carbons (Fsp3) is 0.615. The third-order valence-corrected chi connectivity index (χ3v) is 3.50. The molecule has 0 amide bonds. The van der Waals surface area contributed by atoms with Crippen LogP contribution in [0.25, 0.3) is 0 Å². The molecule has 1 aliphatic rings. The predicted octanol–water partition coefficient (Wildman–Crippen LogP) is 3.56. The molecule has 0 saturated heterocycles. The van der Waals surface area contributed by atoms with Gasteiger partial charge in [-0.25, -0.2) is 4.79 Å². The molecule has 0 aliphatic heterocycles. The number of anilines is 1. The van der Waals surface area contributed by atoms with Crippen molar-refractivity contribution in [2.75, 3.05) is 11.4 Å². The molecule has 1 N–H and O–H groups in total. The van der Waals surface area contributed by atoms with Crippen LogP contribution in [-0.2, 0) is 0 Å². The summed E-state index contributed by atoms with van der Waals surface area (Å²) in [6.07, 6.45) is 7.54. The van der Waals surface area contributed by atoms with Crippen molar-refractivity contribution in [2.45, 2.75) is 45.1 Å². The highest BCUT2D eigenvalue weighted by molar-refractivity contribution is 5.91. The molecule has 1 saturated carbocycles. The zero-order chi connectivity index (χ0) is 12.3. The Kier molecular flexibility index (Phi) is 5.54. The molecule has 0 spiro atoms. The summed E-state index contributed by atoms with van der Waals surface area (Å²) >= 11 is 0. The number of furan rings is 1. The lowest BCUT2D eigenvalue weighted by Crippen LogP contribution is -2.37. The Hall–Kier alpha value is -1.16. The zero-order valence-corrected chi connectivity index (χ0v) is 11.4. The first-order valence-electron chi connectivity index (χ1n) is 6.31. The van der Waals surface area contributed by atoms with Crippen molar-refractivity contribution in [3.8, 4) is 0 Å². The molecule has 0 unspecified atom stereocenters. The molecular weight excluding hydrogens is 254 g/mol. The van der Waals surface area contributed by atoms with E-state index in [1.54, 1.807) is 6.07 Å². The number of aromatic carboxylic acids is 1. The number of carboxylic acids is 1. The number of carbonyl (C=O) groups is 1. The van der Waals surface area contributed by atoms with Gasteiger partial charge in [-0.15, -0.1) is 12.4 Å². The Balaban J connectivity index is 0.00000162. The van der Waals surface area contributed by atoms with Crippen LogP contribution < -0.4 is 4.90 Å². The highest BCUT2D eigenvalue weighted by Gasteiger charge is 2.25. The van der Waals surface area contributed by atoms with E-state index in [0.717, 1.165) is 25.1 Å². The van der Waals surface area contributed by atoms with Crippen molar-refractivity contribution >= 4 is 24.1 Å². The Morgan fingerprint density at radius 1 is 1.44 bits per heavy atom. The quantitative estimate of drug-likeness (QED) is 0.911. The SMILES string of the molecule is CCN(c1ccoc1C(=O)O)C1CCCCC1.Cl. The number of hydrogen-bond acceptors (Lipinski definition) is 3. The molecule has 1 aromatic heterocycles. The zero-order valence-electron chi connectivity index (χ0n) is 10.6. The van der Waals surface area contributed by atoms with Crippen molar-refractivity contribution in [3.05, 3.63) is 18.1 Å². The standard InChI is InChI=1S/C13H19NO3.ClH/c1-2-14(10-6-4-3-5-7-10)11-8-9-17-12(11)13(15)16;/h8-10H,2-7H2,1H3,(H,15,16);1H. The minimum atomic E-state index is -0.987. The first kappa shape index (κ1) is 14.9. The van der Waals surface area contributed by atoms with Gasteiger partial charge in [0.2, 0.25) is 5.76 Å². The van der Waals surface area contributed by atoms with E-state index < -0.39 is 5.97 Å². The first-order chi connectivity index (χ1) is 8.24. The van der Waals surface area contributed by atoms with Gasteiger partial charge in [-0.3, -0.25) is 0 Å². The minimum Gasteiger partial charge on any atom is -0.475 e. The van der Waals surface area contributed by atoms with Gasteiger partial charge >= 0.3 is 5.97 Å².